The van der Waals surface area contributed by atoms with Gasteiger partial charge < -0.3 is 34.5 Å². The molecule has 0 unspecified atom stereocenters. The molecule has 6 aromatic carbocycles. The number of carbonyl (C=O) groups is 4. The van der Waals surface area contributed by atoms with Crippen LogP contribution in [0.1, 0.15) is 43.0 Å². The van der Waals surface area contributed by atoms with Gasteiger partial charge in [-0.2, -0.15) is 0 Å². The van der Waals surface area contributed by atoms with E-state index in [0.717, 1.165) is 13.1 Å². The van der Waals surface area contributed by atoms with Crippen molar-refractivity contribution in [3.8, 4) is 11.5 Å². The number of piperidine rings is 2. The number of nitro benzene ring substituents is 4. The van der Waals surface area contributed by atoms with Crippen LogP contribution < -0.4 is 9.47 Å². The highest BCUT2D eigenvalue weighted by molar-refractivity contribution is 6.17. The fraction of sp³-hybridized carbons (Fsp3) is 0.200. The van der Waals surface area contributed by atoms with Gasteiger partial charge in [0.1, 0.15) is 24.7 Å². The van der Waals surface area contributed by atoms with E-state index in [0.29, 0.717) is 80.4 Å². The van der Waals surface area contributed by atoms with Gasteiger partial charge in [-0.3, -0.25) is 59.6 Å². The lowest BCUT2D eigenvalue weighted by molar-refractivity contribution is -0.385. The maximum absolute atomic E-state index is 13.5. The number of ether oxygens (including phenoxy) is 2. The summed E-state index contributed by atoms with van der Waals surface area (Å²) in [7, 11) is 7.79. The zero-order chi connectivity index (χ0) is 59.0. The van der Waals surface area contributed by atoms with E-state index in [2.05, 4.69) is 0 Å². The van der Waals surface area contributed by atoms with Gasteiger partial charge in [0.15, 0.2) is 11.6 Å². The van der Waals surface area contributed by atoms with E-state index in [1.165, 1.54) is 107 Å². The number of halogens is 2. The van der Waals surface area contributed by atoms with E-state index >= 15 is 0 Å². The fourth-order valence-corrected chi connectivity index (χ4v) is 8.38. The van der Waals surface area contributed by atoms with Gasteiger partial charge in [0.2, 0.25) is 0 Å². The van der Waals surface area contributed by atoms with Gasteiger partial charge in [-0.15, -0.1) is 24.8 Å². The number of hydrogen-bond acceptors (Lipinski definition) is 16. The van der Waals surface area contributed by atoms with Gasteiger partial charge in [0.05, 0.1) is 45.9 Å². The van der Waals surface area contributed by atoms with E-state index in [-0.39, 0.29) is 103 Å². The molecular weight excluding hydrogens is 1140 g/mol. The lowest BCUT2D eigenvalue weighted by Gasteiger charge is -2.30. The molecule has 2 amide bonds. The van der Waals surface area contributed by atoms with Gasteiger partial charge in [-0.25, -0.2) is 0 Å². The SMILES string of the molecule is CN(C)CCOc1ccc(C(=O)N2CC(=Cc3ccc([N+](=O)[O-])cc3)C(=O)C(=Cc3ccc([N+](=O)[O-])cc3)C2)cc1.CN(C)CCOc1ccc(C(=O)N2CC(=Cc3ccc([N+](=O)[O-])cc3)C(=O)C(=Cc3ccc([N+](=O)[O-])cc3)C2)cc1.Cl.Cl.O. The zero-order valence-corrected chi connectivity index (χ0v) is 48.1. The molecule has 23 nitrogen and oxygen atoms in total. The first-order valence-corrected chi connectivity index (χ1v) is 25.4. The first kappa shape index (κ1) is 67.7. The fourth-order valence-electron chi connectivity index (χ4n) is 8.38. The maximum atomic E-state index is 13.5. The van der Waals surface area contributed by atoms with E-state index in [9.17, 15) is 59.6 Å². The van der Waals surface area contributed by atoms with Crippen molar-refractivity contribution in [2.24, 2.45) is 0 Å². The van der Waals surface area contributed by atoms with E-state index in [1.54, 1.807) is 72.8 Å². The van der Waals surface area contributed by atoms with Crippen LogP contribution in [0, 0.1) is 40.5 Å². The van der Waals surface area contributed by atoms with Gasteiger partial charge in [0, 0.05) is 95.0 Å². The lowest BCUT2D eigenvalue weighted by atomic mass is 9.93. The Hall–Kier alpha value is -9.78. The molecule has 2 heterocycles. The Kier molecular flexibility index (Phi) is 25.2. The molecule has 0 aliphatic carbocycles. The number of ketones is 2. The predicted molar refractivity (Wildman–Crippen MR) is 325 cm³/mol. The van der Waals surface area contributed by atoms with Crippen LogP contribution in [0.4, 0.5) is 22.7 Å². The van der Waals surface area contributed by atoms with Crippen molar-refractivity contribution in [3.63, 3.8) is 0 Å². The van der Waals surface area contributed by atoms with Crippen molar-refractivity contribution in [2.45, 2.75) is 0 Å². The first-order valence-electron chi connectivity index (χ1n) is 25.4. The molecule has 0 aromatic heterocycles. The summed E-state index contributed by atoms with van der Waals surface area (Å²) in [5, 5.41) is 44.1. The number of likely N-dealkylation sites (N-methyl/N-ethyl adjacent to an activating group) is 2. The summed E-state index contributed by atoms with van der Waals surface area (Å²) >= 11 is 0. The first-order chi connectivity index (χ1) is 39.2. The van der Waals surface area contributed by atoms with Crippen molar-refractivity contribution in [3.05, 3.63) is 242 Å². The predicted octanol–water partition coefficient (Wildman–Crippen LogP) is 9.29. The molecular formula is C60H60Cl2N8O15. The molecule has 0 spiro atoms. The van der Waals surface area contributed by atoms with E-state index in [4.69, 9.17) is 9.47 Å². The smallest absolute Gasteiger partial charge is 0.269 e. The van der Waals surface area contributed by atoms with Crippen LogP contribution >= 0.6 is 24.8 Å². The highest BCUT2D eigenvalue weighted by Crippen LogP contribution is 2.28. The Morgan fingerprint density at radius 3 is 0.847 bits per heavy atom. The quantitative estimate of drug-likeness (QED) is 0.0439. The van der Waals surface area contributed by atoms with Crippen LogP contribution in [-0.2, 0) is 9.59 Å². The van der Waals surface area contributed by atoms with Crippen LogP contribution in [-0.4, -0.2) is 149 Å². The number of non-ortho nitro benzene ring substituents is 4. The summed E-state index contributed by atoms with van der Waals surface area (Å²) in [5.41, 5.74) is 4.13. The maximum Gasteiger partial charge on any atom is 0.269 e. The number of Topliss-reactive ketones (excluding diaryl/α,β-unsaturated/α-hetero) is 2. The number of nitrogens with zero attached hydrogens (tertiary/aromatic N) is 8. The largest absolute Gasteiger partial charge is 0.492 e. The Balaban J connectivity index is 0.000000352. The Morgan fingerprint density at radius 1 is 0.424 bits per heavy atom. The summed E-state index contributed by atoms with van der Waals surface area (Å²) in [4.78, 5) is 103. The Morgan fingerprint density at radius 2 is 0.647 bits per heavy atom. The molecule has 8 rings (SSSR count). The number of amides is 2. The molecule has 2 saturated heterocycles. The number of rotatable bonds is 18. The molecule has 25 heteroatoms. The van der Waals surface area contributed by atoms with Crippen molar-refractivity contribution >= 4 is 95.2 Å². The molecule has 0 atom stereocenters. The molecule has 2 aliphatic rings. The minimum atomic E-state index is -0.507. The molecule has 85 heavy (non-hydrogen) atoms. The molecule has 2 fully saturated rings. The van der Waals surface area contributed by atoms with E-state index < -0.39 is 19.7 Å². The number of carbonyl (C=O) groups excluding carboxylic acids is 4. The second-order valence-corrected chi connectivity index (χ2v) is 19.4. The number of hydrogen-bond donors (Lipinski definition) is 0. The summed E-state index contributed by atoms with van der Waals surface area (Å²) in [6.07, 6.45) is 6.43. The van der Waals surface area contributed by atoms with Crippen molar-refractivity contribution in [2.75, 3.05) is 80.7 Å². The average molecular weight is 1200 g/mol. The number of nitro groups is 4. The molecule has 0 radical (unpaired) electrons. The molecule has 6 aromatic rings. The summed E-state index contributed by atoms with van der Waals surface area (Å²) in [5.74, 6) is 0.123. The van der Waals surface area contributed by atoms with E-state index in [1.807, 2.05) is 38.0 Å². The molecule has 2 N–H and O–H groups in total. The van der Waals surface area contributed by atoms with Crippen LogP contribution in [0.2, 0.25) is 0 Å². The topological polar surface area (TPSA) is 304 Å². The van der Waals surface area contributed by atoms with Gasteiger partial charge in [-0.05, 0) is 172 Å². The zero-order valence-electron chi connectivity index (χ0n) is 46.4. The molecule has 2 aliphatic heterocycles. The number of likely N-dealkylation sites (tertiary alicyclic amines) is 2. The lowest BCUT2D eigenvalue weighted by Crippen LogP contribution is -2.41. The minimum absolute atomic E-state index is 0. The molecule has 0 saturated carbocycles. The monoisotopic (exact) mass is 1200 g/mol. The third-order valence-electron chi connectivity index (χ3n) is 12.8. The summed E-state index contributed by atoms with van der Waals surface area (Å²) in [6, 6.07) is 36.6. The third kappa shape index (κ3) is 19.1. The van der Waals surface area contributed by atoms with Crippen molar-refractivity contribution in [1.29, 1.82) is 0 Å². The molecule has 444 valence electrons. The normalized spacial score (nSPS) is 14.8. The van der Waals surface area contributed by atoms with Crippen LogP contribution in [0.5, 0.6) is 11.5 Å². The van der Waals surface area contributed by atoms with Gasteiger partial charge in [-0.1, -0.05) is 0 Å². The summed E-state index contributed by atoms with van der Waals surface area (Å²) in [6.45, 7) is 2.64. The highest BCUT2D eigenvalue weighted by atomic mass is 35.5. The van der Waals surface area contributed by atoms with Crippen LogP contribution in [0.25, 0.3) is 24.3 Å². The second-order valence-electron chi connectivity index (χ2n) is 19.4. The van der Waals surface area contributed by atoms with Crippen LogP contribution in [0.15, 0.2) is 168 Å². The Labute approximate surface area is 500 Å². The standard InChI is InChI=1S/2C30H28N4O7.2ClH.H2O/c2*1-31(2)15-16-41-28-13-7-23(8-14-28)30(36)32-19-24(17-21-3-9-26(10-4-21)33(37)38)29(35)25(20-32)18-22-5-11-27(12-6-22)34(39)40;;;/h2*3-14,17-18H,15-16,19-20H2,1-2H3;2*1H;1H2. The van der Waals surface area contributed by atoms with Crippen LogP contribution in [0.3, 0.4) is 0 Å². The minimum Gasteiger partial charge on any atom is -0.492 e. The second kappa shape index (κ2) is 31.6. The van der Waals surface area contributed by atoms with Crippen molar-refractivity contribution in [1.82, 2.24) is 19.6 Å². The van der Waals surface area contributed by atoms with Crippen molar-refractivity contribution < 1.29 is 53.8 Å². The highest BCUT2D eigenvalue weighted by Gasteiger charge is 2.32. The van der Waals surface area contributed by atoms with Gasteiger partial charge >= 0.3 is 0 Å². The Bertz CT molecular complexity index is 3110. The van der Waals surface area contributed by atoms with Gasteiger partial charge in [0.25, 0.3) is 34.6 Å². The number of benzene rings is 6. The third-order valence-corrected chi connectivity index (χ3v) is 12.8. The summed E-state index contributed by atoms with van der Waals surface area (Å²) < 4.78 is 11.4. The molecule has 0 bridgehead atoms. The average Bonchev–Trinajstić information content (AvgIpc) is 3.66.